The normalized spacial score (nSPS) is 12.0. The highest BCUT2D eigenvalue weighted by atomic mass is 16.6. The van der Waals surface area contributed by atoms with Gasteiger partial charge in [-0.3, -0.25) is 14.4 Å². The lowest BCUT2D eigenvalue weighted by Crippen LogP contribution is -2.30. The molecule has 0 aliphatic heterocycles. The average molecular weight is 906 g/mol. The molecule has 0 radical (unpaired) electrons. The fourth-order valence-electron chi connectivity index (χ4n) is 8.92. The van der Waals surface area contributed by atoms with Gasteiger partial charge >= 0.3 is 17.9 Å². The van der Waals surface area contributed by atoms with E-state index in [0.717, 1.165) is 63.7 Å². The van der Waals surface area contributed by atoms with E-state index < -0.39 is 6.10 Å². The molecule has 0 aromatic rings. The van der Waals surface area contributed by atoms with E-state index in [-0.39, 0.29) is 31.1 Å². The van der Waals surface area contributed by atoms with Gasteiger partial charge in [-0.05, 0) is 25.2 Å². The van der Waals surface area contributed by atoms with Crippen molar-refractivity contribution in [2.45, 2.75) is 336 Å². The third-order valence-electron chi connectivity index (χ3n) is 13.3. The van der Waals surface area contributed by atoms with Crippen LogP contribution in [0.25, 0.3) is 0 Å². The summed E-state index contributed by atoms with van der Waals surface area (Å²) in [4.78, 5) is 38.1. The Kier molecular flexibility index (Phi) is 51.1. The lowest BCUT2D eigenvalue weighted by atomic mass is 10.0. The van der Waals surface area contributed by atoms with Crippen LogP contribution in [0, 0.1) is 5.92 Å². The second kappa shape index (κ2) is 52.4. The van der Waals surface area contributed by atoms with E-state index in [4.69, 9.17) is 14.2 Å². The summed E-state index contributed by atoms with van der Waals surface area (Å²) >= 11 is 0. The predicted molar refractivity (Wildman–Crippen MR) is 275 cm³/mol. The summed E-state index contributed by atoms with van der Waals surface area (Å²) in [6.45, 7) is 9.07. The van der Waals surface area contributed by atoms with Crippen LogP contribution in [0.2, 0.25) is 0 Å². The van der Waals surface area contributed by atoms with Crippen molar-refractivity contribution in [2.75, 3.05) is 13.2 Å². The van der Waals surface area contributed by atoms with Crippen molar-refractivity contribution < 1.29 is 28.6 Å². The van der Waals surface area contributed by atoms with Crippen LogP contribution >= 0.6 is 0 Å². The number of carbonyl (C=O) groups is 3. The van der Waals surface area contributed by atoms with Gasteiger partial charge in [-0.2, -0.15) is 0 Å². The van der Waals surface area contributed by atoms with Crippen LogP contribution in [0.3, 0.4) is 0 Å². The molecule has 0 heterocycles. The SMILES string of the molecule is CCCCCCCCCCCCCCCCCC(=O)OC[C@@H](COC(=O)CCCCCCCCCCCCCCCCCC(C)C)OC(=O)CCCCCCCCCCCCCCC. The number of carbonyl (C=O) groups excluding carboxylic acids is 3. The van der Waals surface area contributed by atoms with Crippen LogP contribution in [-0.4, -0.2) is 37.2 Å². The van der Waals surface area contributed by atoms with Gasteiger partial charge < -0.3 is 14.2 Å². The van der Waals surface area contributed by atoms with Crippen molar-refractivity contribution in [1.29, 1.82) is 0 Å². The smallest absolute Gasteiger partial charge is 0.306 e. The predicted octanol–water partition coefficient (Wildman–Crippen LogP) is 19.0. The molecule has 0 saturated heterocycles. The zero-order valence-corrected chi connectivity index (χ0v) is 43.8. The highest BCUT2D eigenvalue weighted by Gasteiger charge is 2.19. The second-order valence-corrected chi connectivity index (χ2v) is 20.4. The summed E-state index contributed by atoms with van der Waals surface area (Å²) in [5.41, 5.74) is 0. The van der Waals surface area contributed by atoms with Crippen molar-refractivity contribution >= 4 is 17.9 Å². The largest absolute Gasteiger partial charge is 0.462 e. The maximum atomic E-state index is 12.8. The first kappa shape index (κ1) is 62.4. The third kappa shape index (κ3) is 51.4. The summed E-state index contributed by atoms with van der Waals surface area (Å²) in [6.07, 6.45) is 56.6. The standard InChI is InChI=1S/C58H112O6/c1-5-7-9-11-13-15-17-19-21-26-29-33-37-41-45-49-56(59)62-52-55(64-58(61)51-47-43-39-35-31-24-18-16-14-12-10-8-6-2)53-63-57(60)50-46-42-38-34-30-27-23-20-22-25-28-32-36-40-44-48-54(3)4/h54-55H,5-53H2,1-4H3/t55-/m0/s1. The van der Waals surface area contributed by atoms with Crippen LogP contribution in [0.4, 0.5) is 0 Å². The lowest BCUT2D eigenvalue weighted by molar-refractivity contribution is -0.167. The highest BCUT2D eigenvalue weighted by molar-refractivity contribution is 5.71. The summed E-state index contributed by atoms with van der Waals surface area (Å²) in [7, 11) is 0. The van der Waals surface area contributed by atoms with E-state index >= 15 is 0 Å². The van der Waals surface area contributed by atoms with Crippen molar-refractivity contribution in [3.05, 3.63) is 0 Å². The zero-order valence-electron chi connectivity index (χ0n) is 43.8. The Bertz CT molecular complexity index is 964. The number of esters is 3. The Morgan fingerprint density at radius 1 is 0.297 bits per heavy atom. The minimum Gasteiger partial charge on any atom is -0.462 e. The van der Waals surface area contributed by atoms with Crippen molar-refractivity contribution in [3.8, 4) is 0 Å². The van der Waals surface area contributed by atoms with E-state index in [0.29, 0.717) is 19.3 Å². The molecule has 0 unspecified atom stereocenters. The van der Waals surface area contributed by atoms with E-state index in [1.807, 2.05) is 0 Å². The first-order valence-corrected chi connectivity index (χ1v) is 28.9. The van der Waals surface area contributed by atoms with Crippen LogP contribution in [0.5, 0.6) is 0 Å². The number of rotatable bonds is 53. The molecule has 0 bridgehead atoms. The Morgan fingerprint density at radius 2 is 0.516 bits per heavy atom. The quantitative estimate of drug-likeness (QED) is 0.0344. The van der Waals surface area contributed by atoms with E-state index in [1.165, 1.54) is 225 Å². The van der Waals surface area contributed by atoms with Gasteiger partial charge in [0.2, 0.25) is 0 Å². The summed E-state index contributed by atoms with van der Waals surface area (Å²) < 4.78 is 16.9. The average Bonchev–Trinajstić information content (AvgIpc) is 3.28. The number of hydrogen-bond acceptors (Lipinski definition) is 6. The zero-order chi connectivity index (χ0) is 46.7. The van der Waals surface area contributed by atoms with E-state index in [1.54, 1.807) is 0 Å². The van der Waals surface area contributed by atoms with Crippen molar-refractivity contribution in [3.63, 3.8) is 0 Å². The molecule has 64 heavy (non-hydrogen) atoms. The first-order chi connectivity index (χ1) is 31.4. The van der Waals surface area contributed by atoms with Gasteiger partial charge in [0.25, 0.3) is 0 Å². The fraction of sp³-hybridized carbons (Fsp3) is 0.948. The minimum absolute atomic E-state index is 0.0617. The molecule has 1 atom stereocenters. The molecule has 0 aliphatic carbocycles. The first-order valence-electron chi connectivity index (χ1n) is 28.9. The van der Waals surface area contributed by atoms with Crippen molar-refractivity contribution in [1.82, 2.24) is 0 Å². The molecule has 6 heteroatoms. The molecule has 380 valence electrons. The molecule has 0 aliphatic rings. The van der Waals surface area contributed by atoms with E-state index in [9.17, 15) is 14.4 Å². The Hall–Kier alpha value is -1.59. The van der Waals surface area contributed by atoms with Crippen molar-refractivity contribution in [2.24, 2.45) is 5.92 Å². The topological polar surface area (TPSA) is 78.9 Å². The molecular weight excluding hydrogens is 793 g/mol. The van der Waals surface area contributed by atoms with Crippen LogP contribution < -0.4 is 0 Å². The molecule has 6 nitrogen and oxygen atoms in total. The lowest BCUT2D eigenvalue weighted by Gasteiger charge is -2.18. The second-order valence-electron chi connectivity index (χ2n) is 20.4. The highest BCUT2D eigenvalue weighted by Crippen LogP contribution is 2.18. The molecule has 0 spiro atoms. The molecule has 0 N–H and O–H groups in total. The minimum atomic E-state index is -0.761. The van der Waals surface area contributed by atoms with Gasteiger partial charge in [0, 0.05) is 19.3 Å². The van der Waals surface area contributed by atoms with Gasteiger partial charge in [0.15, 0.2) is 6.10 Å². The monoisotopic (exact) mass is 905 g/mol. The summed E-state index contributed by atoms with van der Waals surface area (Å²) in [5.74, 6) is 0.0143. The molecule has 0 aromatic carbocycles. The maximum absolute atomic E-state index is 12.8. The molecule has 0 aromatic heterocycles. The Labute approximate surface area is 399 Å². The number of hydrogen-bond donors (Lipinski definition) is 0. The Morgan fingerprint density at radius 3 is 0.766 bits per heavy atom. The van der Waals surface area contributed by atoms with Crippen LogP contribution in [0.15, 0.2) is 0 Å². The third-order valence-corrected chi connectivity index (χ3v) is 13.3. The van der Waals surface area contributed by atoms with Gasteiger partial charge in [0.1, 0.15) is 13.2 Å². The van der Waals surface area contributed by atoms with Gasteiger partial charge in [-0.1, -0.05) is 291 Å². The van der Waals surface area contributed by atoms with Gasteiger partial charge in [-0.25, -0.2) is 0 Å². The fourth-order valence-corrected chi connectivity index (χ4v) is 8.92. The molecule has 0 amide bonds. The Balaban J connectivity index is 4.27. The van der Waals surface area contributed by atoms with Gasteiger partial charge in [-0.15, -0.1) is 0 Å². The molecule has 0 fully saturated rings. The number of unbranched alkanes of at least 4 members (excludes halogenated alkanes) is 40. The van der Waals surface area contributed by atoms with E-state index in [2.05, 4.69) is 27.7 Å². The van der Waals surface area contributed by atoms with Crippen LogP contribution in [0.1, 0.15) is 329 Å². The molecular formula is C58H112O6. The maximum Gasteiger partial charge on any atom is 0.306 e. The molecule has 0 rings (SSSR count). The molecule has 0 saturated carbocycles. The summed E-state index contributed by atoms with van der Waals surface area (Å²) in [5, 5.41) is 0. The van der Waals surface area contributed by atoms with Gasteiger partial charge in [0.05, 0.1) is 0 Å². The summed E-state index contributed by atoms with van der Waals surface area (Å²) in [6, 6.07) is 0. The number of ether oxygens (including phenoxy) is 3. The van der Waals surface area contributed by atoms with Crippen LogP contribution in [-0.2, 0) is 28.6 Å².